The molecule has 0 spiro atoms. The van der Waals surface area contributed by atoms with E-state index in [1.165, 1.54) is 0 Å². The molecule has 3 N–H and O–H groups in total. The van der Waals surface area contributed by atoms with Crippen LogP contribution in [0.5, 0.6) is 0 Å². The van der Waals surface area contributed by atoms with Crippen LogP contribution in [0.15, 0.2) is 65.8 Å². The van der Waals surface area contributed by atoms with Gasteiger partial charge in [-0.2, -0.15) is 0 Å². The number of rotatable bonds is 11. The molecule has 2 aromatic carbocycles. The molecule has 0 aromatic heterocycles. The molecule has 152 valence electrons. The number of hydrogen-bond donors (Lipinski definition) is 3. The summed E-state index contributed by atoms with van der Waals surface area (Å²) < 4.78 is 5.48. The molecule has 0 amide bonds. The van der Waals surface area contributed by atoms with Gasteiger partial charge < -0.3 is 10.2 Å². The molecule has 2 rings (SSSR count). The highest BCUT2D eigenvalue weighted by Gasteiger charge is 2.10. The molecule has 0 bridgehead atoms. The van der Waals surface area contributed by atoms with Crippen LogP contribution in [0.3, 0.4) is 0 Å². The molecule has 5 heteroatoms. The lowest BCUT2D eigenvalue weighted by molar-refractivity contribution is 0.288. The Bertz CT molecular complexity index is 856. The first-order chi connectivity index (χ1) is 14.1. The van der Waals surface area contributed by atoms with Crippen molar-refractivity contribution in [1.29, 1.82) is 10.8 Å². The van der Waals surface area contributed by atoms with Gasteiger partial charge in [-0.1, -0.05) is 60.7 Å². The Morgan fingerprint density at radius 3 is 2.45 bits per heavy atom. The molecular weight excluding hydrogens is 360 g/mol. The molecule has 29 heavy (non-hydrogen) atoms. The molecule has 0 saturated heterocycles. The molecule has 0 aliphatic heterocycles. The lowest BCUT2D eigenvalue weighted by Gasteiger charge is -2.07. The Morgan fingerprint density at radius 1 is 0.966 bits per heavy atom. The number of benzene rings is 2. The Balaban J connectivity index is 1.78. The number of nitrogens with zero attached hydrogens (tertiary/aromatic N) is 1. The standard InChI is InChI=1S/C24H30N4O/c1-19(28-27-2)29-17-10-5-3-4-7-12-20-13-11-16-22(18-20)24(26)23(25)21-14-8-6-9-15-21/h6-9,11-16,18,25-27H,3-5,10,17H2,1-2H3/b12-7+,25-23?,26-24?,28-19-. The second kappa shape index (κ2) is 12.3. The van der Waals surface area contributed by atoms with Gasteiger partial charge in [0.25, 0.3) is 0 Å². The highest BCUT2D eigenvalue weighted by molar-refractivity contribution is 6.51. The van der Waals surface area contributed by atoms with E-state index in [-0.39, 0.29) is 11.4 Å². The van der Waals surface area contributed by atoms with E-state index < -0.39 is 0 Å². The van der Waals surface area contributed by atoms with Gasteiger partial charge in [-0.05, 0) is 37.3 Å². The first-order valence-electron chi connectivity index (χ1n) is 9.95. The first kappa shape index (κ1) is 22.1. The minimum Gasteiger partial charge on any atom is -0.480 e. The summed E-state index contributed by atoms with van der Waals surface area (Å²) in [4.78, 5) is 0. The van der Waals surface area contributed by atoms with Gasteiger partial charge in [-0.25, -0.2) is 0 Å². The van der Waals surface area contributed by atoms with E-state index in [2.05, 4.69) is 22.7 Å². The van der Waals surface area contributed by atoms with E-state index >= 15 is 0 Å². The van der Waals surface area contributed by atoms with E-state index in [0.717, 1.165) is 42.4 Å². The predicted octanol–water partition coefficient (Wildman–Crippen LogP) is 5.27. The van der Waals surface area contributed by atoms with Crippen molar-refractivity contribution >= 4 is 23.4 Å². The van der Waals surface area contributed by atoms with Gasteiger partial charge in [0.2, 0.25) is 5.90 Å². The first-order valence-corrected chi connectivity index (χ1v) is 9.95. The highest BCUT2D eigenvalue weighted by Crippen LogP contribution is 2.12. The van der Waals surface area contributed by atoms with Crippen LogP contribution in [0.1, 0.15) is 49.3 Å². The van der Waals surface area contributed by atoms with Crippen molar-refractivity contribution in [2.45, 2.75) is 32.6 Å². The van der Waals surface area contributed by atoms with Gasteiger partial charge in [0.05, 0.1) is 18.0 Å². The van der Waals surface area contributed by atoms with E-state index in [0.29, 0.717) is 12.5 Å². The fourth-order valence-corrected chi connectivity index (χ4v) is 2.86. The molecule has 0 heterocycles. The van der Waals surface area contributed by atoms with Crippen molar-refractivity contribution in [2.24, 2.45) is 5.10 Å². The van der Waals surface area contributed by atoms with Crippen molar-refractivity contribution in [3.05, 3.63) is 77.4 Å². The molecule has 0 atom stereocenters. The van der Waals surface area contributed by atoms with Crippen LogP contribution in [-0.4, -0.2) is 31.0 Å². The number of hydrazone groups is 1. The van der Waals surface area contributed by atoms with Crippen LogP contribution < -0.4 is 5.43 Å². The van der Waals surface area contributed by atoms with Crippen molar-refractivity contribution in [1.82, 2.24) is 5.43 Å². The zero-order valence-corrected chi connectivity index (χ0v) is 17.2. The summed E-state index contributed by atoms with van der Waals surface area (Å²) >= 11 is 0. The van der Waals surface area contributed by atoms with Gasteiger partial charge in [0.15, 0.2) is 0 Å². The second-order valence-electron chi connectivity index (χ2n) is 6.70. The normalized spacial score (nSPS) is 11.4. The highest BCUT2D eigenvalue weighted by atomic mass is 16.5. The summed E-state index contributed by atoms with van der Waals surface area (Å²) in [6, 6.07) is 17.2. The van der Waals surface area contributed by atoms with E-state index in [1.54, 1.807) is 7.05 Å². The number of ether oxygens (including phenoxy) is 1. The Hall–Kier alpha value is -3.21. The lowest BCUT2D eigenvalue weighted by Crippen LogP contribution is -2.14. The molecule has 2 aromatic rings. The molecule has 0 aliphatic rings. The smallest absolute Gasteiger partial charge is 0.202 e. The maximum atomic E-state index is 8.36. The summed E-state index contributed by atoms with van der Waals surface area (Å²) in [5, 5.41) is 20.6. The number of allylic oxidation sites excluding steroid dienone is 1. The van der Waals surface area contributed by atoms with Crippen LogP contribution in [0.25, 0.3) is 6.08 Å². The third-order valence-electron chi connectivity index (χ3n) is 4.39. The Morgan fingerprint density at radius 2 is 1.69 bits per heavy atom. The van der Waals surface area contributed by atoms with Crippen molar-refractivity contribution < 1.29 is 4.74 Å². The van der Waals surface area contributed by atoms with Crippen LogP contribution in [0.4, 0.5) is 0 Å². The van der Waals surface area contributed by atoms with Crippen molar-refractivity contribution in [3.63, 3.8) is 0 Å². The van der Waals surface area contributed by atoms with Crippen LogP contribution in [0, 0.1) is 10.8 Å². The molecule has 0 fully saturated rings. The largest absolute Gasteiger partial charge is 0.480 e. The third kappa shape index (κ3) is 7.74. The SMILES string of the molecule is CN/N=C(/C)OCCCCC/C=C/c1cccc(C(=N)C(=N)c2ccccc2)c1. The zero-order chi connectivity index (χ0) is 20.9. The summed E-state index contributed by atoms with van der Waals surface area (Å²) in [7, 11) is 1.76. The summed E-state index contributed by atoms with van der Waals surface area (Å²) in [6.07, 6.45) is 8.49. The van der Waals surface area contributed by atoms with Crippen molar-refractivity contribution in [3.8, 4) is 0 Å². The van der Waals surface area contributed by atoms with Gasteiger partial charge >= 0.3 is 0 Å². The third-order valence-corrected chi connectivity index (χ3v) is 4.39. The molecule has 0 saturated carbocycles. The van der Waals surface area contributed by atoms with E-state index in [4.69, 9.17) is 15.6 Å². The average molecular weight is 391 g/mol. The van der Waals surface area contributed by atoms with Crippen LogP contribution >= 0.6 is 0 Å². The summed E-state index contributed by atoms with van der Waals surface area (Å²) in [5.74, 6) is 0.665. The van der Waals surface area contributed by atoms with Gasteiger partial charge in [0.1, 0.15) is 0 Å². The molecule has 0 aliphatic carbocycles. The summed E-state index contributed by atoms with van der Waals surface area (Å²) in [5.41, 5.74) is 5.76. The fourth-order valence-electron chi connectivity index (χ4n) is 2.86. The quantitative estimate of drug-likeness (QED) is 0.211. The van der Waals surface area contributed by atoms with Gasteiger partial charge in [0, 0.05) is 25.1 Å². The van der Waals surface area contributed by atoms with Gasteiger partial charge in [-0.3, -0.25) is 10.8 Å². The van der Waals surface area contributed by atoms with Crippen molar-refractivity contribution in [2.75, 3.05) is 13.7 Å². The maximum absolute atomic E-state index is 8.36. The zero-order valence-electron chi connectivity index (χ0n) is 17.2. The Kier molecular flexibility index (Phi) is 9.36. The topological polar surface area (TPSA) is 81.3 Å². The monoisotopic (exact) mass is 390 g/mol. The molecule has 0 unspecified atom stereocenters. The number of unbranched alkanes of at least 4 members (excludes halogenated alkanes) is 3. The molecule has 5 nitrogen and oxygen atoms in total. The lowest BCUT2D eigenvalue weighted by atomic mass is 9.98. The van der Waals surface area contributed by atoms with Crippen LogP contribution in [-0.2, 0) is 4.74 Å². The maximum Gasteiger partial charge on any atom is 0.202 e. The molecule has 0 radical (unpaired) electrons. The van der Waals surface area contributed by atoms with E-state index in [1.807, 2.05) is 61.5 Å². The fraction of sp³-hybridized carbons (Fsp3) is 0.292. The minimum atomic E-state index is 0.239. The predicted molar refractivity (Wildman–Crippen MR) is 122 cm³/mol. The average Bonchev–Trinajstić information content (AvgIpc) is 2.75. The molecular formula is C24H30N4O. The number of nitrogens with one attached hydrogen (secondary N) is 3. The van der Waals surface area contributed by atoms with E-state index in [9.17, 15) is 0 Å². The Labute approximate surface area is 173 Å². The number of hydrogen-bond acceptors (Lipinski definition) is 5. The van der Waals surface area contributed by atoms with Crippen LogP contribution in [0.2, 0.25) is 0 Å². The second-order valence-corrected chi connectivity index (χ2v) is 6.70. The summed E-state index contributed by atoms with van der Waals surface area (Å²) in [6.45, 7) is 2.53. The van der Waals surface area contributed by atoms with Gasteiger partial charge in [-0.15, -0.1) is 5.10 Å². The minimum absolute atomic E-state index is 0.239.